The van der Waals surface area contributed by atoms with E-state index in [9.17, 15) is 18.1 Å². The van der Waals surface area contributed by atoms with E-state index in [0.717, 1.165) is 6.08 Å². The van der Waals surface area contributed by atoms with Crippen LogP contribution in [0.1, 0.15) is 12.6 Å². The van der Waals surface area contributed by atoms with Gasteiger partial charge in [-0.25, -0.2) is 0 Å². The fourth-order valence-corrected chi connectivity index (χ4v) is 3.33. The summed E-state index contributed by atoms with van der Waals surface area (Å²) in [7, 11) is -4.47. The summed E-state index contributed by atoms with van der Waals surface area (Å²) in [5, 5.41) is 9.56. The quantitative estimate of drug-likeness (QED) is 0.798. The van der Waals surface area contributed by atoms with E-state index in [0.29, 0.717) is 0 Å². The molecule has 1 aliphatic carbocycles. The largest absolute Gasteiger partial charge is 0.508 e. The Kier molecular flexibility index (Phi) is 3.00. The summed E-state index contributed by atoms with van der Waals surface area (Å²) in [6, 6.07) is 4.78. The lowest BCUT2D eigenvalue weighted by atomic mass is 9.85. The molecule has 0 spiro atoms. The second-order valence-electron chi connectivity index (χ2n) is 4.20. The minimum Gasteiger partial charge on any atom is -0.508 e. The van der Waals surface area contributed by atoms with Crippen molar-refractivity contribution in [1.29, 1.82) is 0 Å². The maximum Gasteiger partial charge on any atom is 0.280 e. The van der Waals surface area contributed by atoms with Crippen molar-refractivity contribution in [3.8, 4) is 0 Å². The molecule has 0 aliphatic heterocycles. The van der Waals surface area contributed by atoms with Crippen molar-refractivity contribution in [3.63, 3.8) is 0 Å². The fraction of sp³-hybridized carbons (Fsp3) is 0.250. The van der Waals surface area contributed by atoms with Crippen LogP contribution in [0.4, 0.5) is 0 Å². The number of rotatable bonds is 2. The van der Waals surface area contributed by atoms with Gasteiger partial charge in [-0.15, -0.1) is 0 Å². The molecular weight excluding hydrogens is 254 g/mol. The van der Waals surface area contributed by atoms with Crippen LogP contribution in [0, 0.1) is 5.92 Å². The molecule has 2 N–H and O–H groups in total. The number of nitrogens with zero attached hydrogens (tertiary/aromatic N) is 1. The highest BCUT2D eigenvalue weighted by molar-refractivity contribution is 7.87. The highest BCUT2D eigenvalue weighted by atomic mass is 32.2. The highest BCUT2D eigenvalue weighted by Crippen LogP contribution is 2.41. The van der Waals surface area contributed by atoms with Gasteiger partial charge in [-0.05, 0) is 24.3 Å². The maximum absolute atomic E-state index is 11.8. The van der Waals surface area contributed by atoms with Crippen molar-refractivity contribution in [1.82, 2.24) is 4.98 Å². The topological polar surface area (TPSA) is 87.5 Å². The molecule has 0 saturated heterocycles. The zero-order valence-corrected chi connectivity index (χ0v) is 10.5. The lowest BCUT2D eigenvalue weighted by Gasteiger charge is -2.33. The number of aromatic nitrogens is 1. The molecular formula is C12H13NO4S. The summed E-state index contributed by atoms with van der Waals surface area (Å²) in [6.45, 7) is 1.64. The van der Waals surface area contributed by atoms with Gasteiger partial charge in [0.2, 0.25) is 0 Å². The molecule has 5 nitrogen and oxygen atoms in total. The van der Waals surface area contributed by atoms with Gasteiger partial charge in [0.05, 0.1) is 5.69 Å². The van der Waals surface area contributed by atoms with Crippen LogP contribution in [0.2, 0.25) is 0 Å². The molecule has 2 atom stereocenters. The Labute approximate surface area is 105 Å². The summed E-state index contributed by atoms with van der Waals surface area (Å²) < 4.78 is 31.4. The van der Waals surface area contributed by atoms with E-state index >= 15 is 0 Å². The predicted molar refractivity (Wildman–Crippen MR) is 66.5 cm³/mol. The van der Waals surface area contributed by atoms with Crippen molar-refractivity contribution >= 4 is 10.1 Å². The highest BCUT2D eigenvalue weighted by Gasteiger charge is 2.49. The number of hydrogen-bond acceptors (Lipinski definition) is 4. The summed E-state index contributed by atoms with van der Waals surface area (Å²) in [4.78, 5) is 4.00. The molecule has 1 aromatic heterocycles. The lowest BCUT2D eigenvalue weighted by Crippen LogP contribution is -2.41. The van der Waals surface area contributed by atoms with E-state index in [1.165, 1.54) is 24.4 Å². The van der Waals surface area contributed by atoms with Crippen LogP contribution < -0.4 is 0 Å². The van der Waals surface area contributed by atoms with E-state index < -0.39 is 20.8 Å². The van der Waals surface area contributed by atoms with Crippen molar-refractivity contribution < 1.29 is 18.1 Å². The van der Waals surface area contributed by atoms with Gasteiger partial charge in [-0.1, -0.05) is 19.1 Å². The smallest absolute Gasteiger partial charge is 0.280 e. The predicted octanol–water partition coefficient (Wildman–Crippen LogP) is 1.81. The van der Waals surface area contributed by atoms with Crippen LogP contribution in [0.5, 0.6) is 0 Å². The van der Waals surface area contributed by atoms with E-state index in [4.69, 9.17) is 0 Å². The minimum absolute atomic E-state index is 0.177. The van der Waals surface area contributed by atoms with Gasteiger partial charge in [0.25, 0.3) is 10.1 Å². The Bertz CT molecular complexity index is 606. The Balaban J connectivity index is 2.75. The molecule has 0 fully saturated rings. The van der Waals surface area contributed by atoms with E-state index in [-0.39, 0.29) is 11.5 Å². The molecule has 1 heterocycles. The van der Waals surface area contributed by atoms with Crippen molar-refractivity contribution in [3.05, 3.63) is 54.1 Å². The second-order valence-corrected chi connectivity index (χ2v) is 5.83. The summed E-state index contributed by atoms with van der Waals surface area (Å²) in [5.41, 5.74) is 0.177. The normalized spacial score (nSPS) is 27.9. The number of hydrogen-bond donors (Lipinski definition) is 2. The van der Waals surface area contributed by atoms with Gasteiger partial charge in [0.15, 0.2) is 4.75 Å². The first kappa shape index (κ1) is 12.8. The van der Waals surface area contributed by atoms with Crippen LogP contribution in [0.25, 0.3) is 0 Å². The van der Waals surface area contributed by atoms with Gasteiger partial charge >= 0.3 is 0 Å². The van der Waals surface area contributed by atoms with E-state index in [2.05, 4.69) is 4.98 Å². The molecule has 6 heteroatoms. The molecule has 18 heavy (non-hydrogen) atoms. The SMILES string of the molecule is CC1C=CC(O)=CC1(c1ccccn1)S(=O)(=O)O. The molecule has 1 aromatic rings. The van der Waals surface area contributed by atoms with Crippen LogP contribution in [0.3, 0.4) is 0 Å². The summed E-state index contributed by atoms with van der Waals surface area (Å²) in [6.07, 6.45) is 5.49. The Morgan fingerprint density at radius 1 is 1.39 bits per heavy atom. The monoisotopic (exact) mass is 267 g/mol. The Hall–Kier alpha value is -1.66. The molecule has 96 valence electrons. The molecule has 0 aromatic carbocycles. The molecule has 2 unspecified atom stereocenters. The molecule has 0 bridgehead atoms. The number of aliphatic hydroxyl groups excluding tert-OH is 1. The summed E-state index contributed by atoms with van der Waals surface area (Å²) >= 11 is 0. The summed E-state index contributed by atoms with van der Waals surface area (Å²) in [5.74, 6) is -0.755. The Morgan fingerprint density at radius 3 is 2.67 bits per heavy atom. The fourth-order valence-electron chi connectivity index (χ4n) is 2.13. The first-order chi connectivity index (χ1) is 8.38. The van der Waals surface area contributed by atoms with Gasteiger partial charge in [0, 0.05) is 12.1 Å². The molecule has 0 saturated carbocycles. The van der Waals surface area contributed by atoms with Gasteiger partial charge < -0.3 is 5.11 Å². The zero-order chi connectivity index (χ0) is 13.4. The molecule has 1 aliphatic rings. The van der Waals surface area contributed by atoms with Gasteiger partial charge in [-0.3, -0.25) is 9.54 Å². The van der Waals surface area contributed by atoms with E-state index in [1.807, 2.05) is 0 Å². The number of aliphatic hydroxyl groups is 1. The third-order valence-corrected chi connectivity index (χ3v) is 4.64. The van der Waals surface area contributed by atoms with Crippen LogP contribution in [0.15, 0.2) is 48.4 Å². The molecule has 2 rings (SSSR count). The first-order valence-corrected chi connectivity index (χ1v) is 6.80. The average Bonchev–Trinajstić information content (AvgIpc) is 2.32. The maximum atomic E-state index is 11.8. The number of pyridine rings is 1. The standard InChI is InChI=1S/C12H13NO4S/c1-9-5-6-10(14)8-12(9,18(15,16)17)11-4-2-3-7-13-11/h2-9,14H,1H3,(H,15,16,17). The average molecular weight is 267 g/mol. The van der Waals surface area contributed by atoms with Crippen molar-refractivity contribution in [2.45, 2.75) is 11.7 Å². The van der Waals surface area contributed by atoms with Crippen LogP contribution in [-0.4, -0.2) is 23.1 Å². The van der Waals surface area contributed by atoms with Crippen LogP contribution in [-0.2, 0) is 14.9 Å². The number of allylic oxidation sites excluding steroid dienone is 2. The van der Waals surface area contributed by atoms with Gasteiger partial charge in [0.1, 0.15) is 5.76 Å². The third kappa shape index (κ3) is 1.83. The second kappa shape index (κ2) is 4.22. The zero-order valence-electron chi connectivity index (χ0n) is 9.69. The molecule has 0 radical (unpaired) electrons. The van der Waals surface area contributed by atoms with Crippen LogP contribution >= 0.6 is 0 Å². The minimum atomic E-state index is -4.47. The third-order valence-electron chi connectivity index (χ3n) is 3.09. The van der Waals surface area contributed by atoms with Gasteiger partial charge in [-0.2, -0.15) is 8.42 Å². The van der Waals surface area contributed by atoms with Crippen molar-refractivity contribution in [2.75, 3.05) is 0 Å². The Morgan fingerprint density at radius 2 is 2.11 bits per heavy atom. The first-order valence-electron chi connectivity index (χ1n) is 5.36. The van der Waals surface area contributed by atoms with E-state index in [1.54, 1.807) is 19.1 Å². The molecule has 0 amide bonds. The van der Waals surface area contributed by atoms with Crippen molar-refractivity contribution in [2.24, 2.45) is 5.92 Å². The lowest BCUT2D eigenvalue weighted by molar-refractivity contribution is 0.380.